The lowest BCUT2D eigenvalue weighted by Gasteiger charge is -2.27. The molecule has 2 nitrogen and oxygen atoms in total. The predicted octanol–water partition coefficient (Wildman–Crippen LogP) is 3.50. The van der Waals surface area contributed by atoms with Crippen molar-refractivity contribution in [1.29, 1.82) is 0 Å². The van der Waals surface area contributed by atoms with Gasteiger partial charge in [0.1, 0.15) is 5.75 Å². The fraction of sp³-hybridized carbons (Fsp3) is 0.625. The first-order valence-corrected chi connectivity index (χ1v) is 6.82. The molecule has 2 heteroatoms. The Labute approximate surface area is 111 Å². The summed E-state index contributed by atoms with van der Waals surface area (Å²) < 4.78 is 5.69. The summed E-state index contributed by atoms with van der Waals surface area (Å²) in [6.07, 6.45) is 3.18. The van der Waals surface area contributed by atoms with E-state index >= 15 is 0 Å². The summed E-state index contributed by atoms with van der Waals surface area (Å²) >= 11 is 0. The van der Waals surface area contributed by atoms with Crippen molar-refractivity contribution < 1.29 is 4.74 Å². The van der Waals surface area contributed by atoms with E-state index in [4.69, 9.17) is 10.5 Å². The fourth-order valence-corrected chi connectivity index (χ4v) is 2.44. The van der Waals surface area contributed by atoms with Crippen LogP contribution in [-0.2, 0) is 17.4 Å². The molecule has 1 aromatic rings. The Morgan fingerprint density at radius 2 is 1.89 bits per heavy atom. The summed E-state index contributed by atoms with van der Waals surface area (Å²) in [7, 11) is 1.76. The standard InChI is InChI=1S/C16H25NO/c1-6-11-9-12(15(2,3)4)14(18-5)13(10-11)16(17)7-8-16/h9-10H,6-8,17H2,1-5H3. The largest absolute Gasteiger partial charge is 0.496 e. The molecule has 0 unspecified atom stereocenters. The van der Waals surface area contributed by atoms with Gasteiger partial charge in [-0.3, -0.25) is 0 Å². The van der Waals surface area contributed by atoms with Gasteiger partial charge in [-0.1, -0.05) is 39.8 Å². The minimum absolute atomic E-state index is 0.0799. The molecule has 2 rings (SSSR count). The van der Waals surface area contributed by atoms with Crippen LogP contribution in [0.5, 0.6) is 5.75 Å². The second-order valence-electron chi connectivity index (χ2n) is 6.48. The molecule has 0 bridgehead atoms. The van der Waals surface area contributed by atoms with Gasteiger partial charge in [-0.2, -0.15) is 0 Å². The highest BCUT2D eigenvalue weighted by Gasteiger charge is 2.43. The van der Waals surface area contributed by atoms with Gasteiger partial charge in [0.15, 0.2) is 0 Å². The average molecular weight is 247 g/mol. The molecule has 2 N–H and O–H groups in total. The molecule has 0 aliphatic heterocycles. The number of aryl methyl sites for hydroxylation is 1. The molecule has 0 saturated heterocycles. The Hall–Kier alpha value is -1.02. The fourth-order valence-electron chi connectivity index (χ4n) is 2.44. The van der Waals surface area contributed by atoms with Crippen LogP contribution in [0.3, 0.4) is 0 Å². The Morgan fingerprint density at radius 3 is 2.28 bits per heavy atom. The quantitative estimate of drug-likeness (QED) is 0.887. The van der Waals surface area contributed by atoms with E-state index in [0.29, 0.717) is 0 Å². The minimum atomic E-state index is -0.142. The van der Waals surface area contributed by atoms with Crippen molar-refractivity contribution in [3.05, 3.63) is 28.8 Å². The Kier molecular flexibility index (Phi) is 3.18. The molecule has 1 aromatic carbocycles. The summed E-state index contributed by atoms with van der Waals surface area (Å²) in [5.41, 5.74) is 10.2. The summed E-state index contributed by atoms with van der Waals surface area (Å²) in [6, 6.07) is 4.51. The third-order valence-electron chi connectivity index (χ3n) is 3.89. The van der Waals surface area contributed by atoms with Crippen molar-refractivity contribution >= 4 is 0 Å². The maximum Gasteiger partial charge on any atom is 0.127 e. The van der Waals surface area contributed by atoms with Crippen LogP contribution in [0, 0.1) is 0 Å². The van der Waals surface area contributed by atoms with Crippen LogP contribution in [0.2, 0.25) is 0 Å². The molecular weight excluding hydrogens is 222 g/mol. The zero-order valence-corrected chi connectivity index (χ0v) is 12.3. The van der Waals surface area contributed by atoms with Crippen LogP contribution in [-0.4, -0.2) is 7.11 Å². The van der Waals surface area contributed by atoms with Crippen molar-refractivity contribution in [3.8, 4) is 5.75 Å². The van der Waals surface area contributed by atoms with E-state index in [9.17, 15) is 0 Å². The normalized spacial score (nSPS) is 17.7. The maximum atomic E-state index is 6.40. The van der Waals surface area contributed by atoms with Gasteiger partial charge in [0.25, 0.3) is 0 Å². The maximum absolute atomic E-state index is 6.40. The zero-order chi connectivity index (χ0) is 13.6. The van der Waals surface area contributed by atoms with E-state index in [1.165, 1.54) is 16.7 Å². The smallest absolute Gasteiger partial charge is 0.127 e. The third kappa shape index (κ3) is 2.26. The van der Waals surface area contributed by atoms with Crippen LogP contribution in [0.25, 0.3) is 0 Å². The van der Waals surface area contributed by atoms with Gasteiger partial charge in [0.05, 0.1) is 7.11 Å². The van der Waals surface area contributed by atoms with Crippen LogP contribution in [0.1, 0.15) is 57.2 Å². The lowest BCUT2D eigenvalue weighted by molar-refractivity contribution is 0.387. The van der Waals surface area contributed by atoms with E-state index in [1.807, 2.05) is 0 Å². The lowest BCUT2D eigenvalue weighted by atomic mass is 9.82. The van der Waals surface area contributed by atoms with Gasteiger partial charge in [0, 0.05) is 16.7 Å². The van der Waals surface area contributed by atoms with Crippen LogP contribution in [0.4, 0.5) is 0 Å². The summed E-state index contributed by atoms with van der Waals surface area (Å²) in [5.74, 6) is 1.000. The van der Waals surface area contributed by atoms with Gasteiger partial charge in [0.2, 0.25) is 0 Å². The molecule has 18 heavy (non-hydrogen) atoms. The first-order chi connectivity index (χ1) is 8.31. The molecule has 0 spiro atoms. The van der Waals surface area contributed by atoms with E-state index in [1.54, 1.807) is 7.11 Å². The van der Waals surface area contributed by atoms with Crippen LogP contribution < -0.4 is 10.5 Å². The average Bonchev–Trinajstić information content (AvgIpc) is 3.05. The number of rotatable bonds is 3. The number of ether oxygens (including phenoxy) is 1. The number of nitrogens with two attached hydrogens (primary N) is 1. The van der Waals surface area contributed by atoms with Gasteiger partial charge >= 0.3 is 0 Å². The number of benzene rings is 1. The van der Waals surface area contributed by atoms with Crippen LogP contribution >= 0.6 is 0 Å². The molecule has 0 radical (unpaired) electrons. The molecule has 100 valence electrons. The molecule has 0 amide bonds. The van der Waals surface area contributed by atoms with E-state index in [-0.39, 0.29) is 11.0 Å². The molecule has 1 saturated carbocycles. The topological polar surface area (TPSA) is 35.2 Å². The van der Waals surface area contributed by atoms with Gasteiger partial charge in [-0.25, -0.2) is 0 Å². The van der Waals surface area contributed by atoms with Crippen molar-refractivity contribution in [2.45, 2.75) is 57.9 Å². The first-order valence-electron chi connectivity index (χ1n) is 6.82. The van der Waals surface area contributed by atoms with Gasteiger partial charge in [-0.15, -0.1) is 0 Å². The number of hydrogen-bond donors (Lipinski definition) is 1. The van der Waals surface area contributed by atoms with E-state index in [2.05, 4.69) is 39.8 Å². The highest BCUT2D eigenvalue weighted by molar-refractivity contribution is 5.52. The van der Waals surface area contributed by atoms with Crippen molar-refractivity contribution in [2.75, 3.05) is 7.11 Å². The minimum Gasteiger partial charge on any atom is -0.496 e. The van der Waals surface area contributed by atoms with E-state index < -0.39 is 0 Å². The van der Waals surface area contributed by atoms with E-state index in [0.717, 1.165) is 25.0 Å². The number of methoxy groups -OCH3 is 1. The highest BCUT2D eigenvalue weighted by Crippen LogP contribution is 2.49. The first kappa shape index (κ1) is 13.4. The molecule has 1 aliphatic carbocycles. The highest BCUT2D eigenvalue weighted by atomic mass is 16.5. The molecule has 0 aromatic heterocycles. The summed E-state index contributed by atoms with van der Waals surface area (Å²) in [4.78, 5) is 0. The second-order valence-corrected chi connectivity index (χ2v) is 6.48. The number of hydrogen-bond acceptors (Lipinski definition) is 2. The Morgan fingerprint density at radius 1 is 1.28 bits per heavy atom. The zero-order valence-electron chi connectivity index (χ0n) is 12.3. The second kappa shape index (κ2) is 4.27. The van der Waals surface area contributed by atoms with Crippen molar-refractivity contribution in [1.82, 2.24) is 0 Å². The molecular formula is C16H25NO. The Bertz CT molecular complexity index is 426. The lowest BCUT2D eigenvalue weighted by Crippen LogP contribution is -2.23. The summed E-state index contributed by atoms with van der Waals surface area (Å²) in [5, 5.41) is 0. The Balaban J connectivity index is 2.65. The third-order valence-corrected chi connectivity index (χ3v) is 3.89. The molecule has 0 atom stereocenters. The SMILES string of the molecule is CCc1cc(C(C)(C)C)c(OC)c(C2(N)CC2)c1. The van der Waals surface area contributed by atoms with Gasteiger partial charge < -0.3 is 10.5 Å². The summed E-state index contributed by atoms with van der Waals surface area (Å²) in [6.45, 7) is 8.87. The monoisotopic (exact) mass is 247 g/mol. The van der Waals surface area contributed by atoms with Crippen molar-refractivity contribution in [3.63, 3.8) is 0 Å². The molecule has 1 fully saturated rings. The van der Waals surface area contributed by atoms with Crippen LogP contribution in [0.15, 0.2) is 12.1 Å². The molecule has 1 aliphatic rings. The van der Waals surface area contributed by atoms with Crippen molar-refractivity contribution in [2.24, 2.45) is 5.73 Å². The predicted molar refractivity (Wildman–Crippen MR) is 76.2 cm³/mol. The molecule has 0 heterocycles. The van der Waals surface area contributed by atoms with Gasteiger partial charge in [-0.05, 0) is 30.2 Å².